The van der Waals surface area contributed by atoms with E-state index in [-0.39, 0.29) is 5.91 Å². The number of H-pyrrole nitrogens is 1. The Morgan fingerprint density at radius 3 is 3.10 bits per heavy atom. The van der Waals surface area contributed by atoms with Crippen molar-refractivity contribution < 1.29 is 4.79 Å². The van der Waals surface area contributed by atoms with E-state index < -0.39 is 0 Å². The number of carbonyl (C=O) groups excluding carboxylic acids is 1. The summed E-state index contributed by atoms with van der Waals surface area (Å²) in [5, 5.41) is 14.4. The lowest BCUT2D eigenvalue weighted by Gasteiger charge is -2.05. The Hall–Kier alpha value is -2.18. The zero-order valence-electron chi connectivity index (χ0n) is 12.0. The normalized spacial score (nSPS) is 14.5. The molecule has 112 valence electrons. The maximum atomic E-state index is 11.9. The summed E-state index contributed by atoms with van der Waals surface area (Å²) in [4.78, 5) is 15.7. The quantitative estimate of drug-likeness (QED) is 0.803. The molecule has 1 amide bonds. The number of nitrogens with one attached hydrogen (secondary N) is 2. The first-order chi connectivity index (χ1) is 10.3. The van der Waals surface area contributed by atoms with Crippen LogP contribution in [0.1, 0.15) is 42.6 Å². The lowest BCUT2D eigenvalue weighted by atomic mass is 10.1. The van der Waals surface area contributed by atoms with Crippen LogP contribution in [0.2, 0.25) is 0 Å². The summed E-state index contributed by atoms with van der Waals surface area (Å²) in [6, 6.07) is 0. The molecule has 2 aromatic rings. The molecule has 3 rings (SSSR count). The molecule has 7 heteroatoms. The van der Waals surface area contributed by atoms with Crippen LogP contribution in [-0.2, 0) is 30.7 Å². The van der Waals surface area contributed by atoms with E-state index in [2.05, 4.69) is 25.6 Å². The van der Waals surface area contributed by atoms with E-state index in [0.29, 0.717) is 19.5 Å². The van der Waals surface area contributed by atoms with Crippen molar-refractivity contribution in [2.24, 2.45) is 0 Å². The standard InChI is InChI=1S/C14H20N6O/c21-14(6-7-20-10-15-9-17-20)16-8-13-11-4-2-1-3-5-12(11)18-19-13/h9-10H,1-8H2,(H,16,21)(H,18,19). The minimum Gasteiger partial charge on any atom is -0.350 e. The van der Waals surface area contributed by atoms with Crippen LogP contribution in [-0.4, -0.2) is 30.9 Å². The third kappa shape index (κ3) is 3.48. The Balaban J connectivity index is 1.50. The second-order valence-corrected chi connectivity index (χ2v) is 5.37. The molecule has 0 bridgehead atoms. The molecule has 0 aliphatic heterocycles. The highest BCUT2D eigenvalue weighted by Gasteiger charge is 2.15. The van der Waals surface area contributed by atoms with Gasteiger partial charge in [-0.25, -0.2) is 4.98 Å². The number of amides is 1. The third-order valence-electron chi connectivity index (χ3n) is 3.88. The van der Waals surface area contributed by atoms with E-state index in [9.17, 15) is 4.79 Å². The van der Waals surface area contributed by atoms with Crippen molar-refractivity contribution in [2.75, 3.05) is 0 Å². The second kappa shape index (κ2) is 6.51. The van der Waals surface area contributed by atoms with Gasteiger partial charge in [-0.3, -0.25) is 14.6 Å². The zero-order chi connectivity index (χ0) is 14.5. The molecule has 0 saturated carbocycles. The molecule has 0 unspecified atom stereocenters. The fourth-order valence-electron chi connectivity index (χ4n) is 2.71. The van der Waals surface area contributed by atoms with Crippen molar-refractivity contribution in [2.45, 2.75) is 51.6 Å². The van der Waals surface area contributed by atoms with Crippen LogP contribution in [0.4, 0.5) is 0 Å². The molecule has 0 saturated heterocycles. The molecule has 7 nitrogen and oxygen atoms in total. The first kappa shape index (κ1) is 13.8. The SMILES string of the molecule is O=C(CCn1cncn1)NCc1n[nH]c2c1CCCCC2. The highest BCUT2D eigenvalue weighted by atomic mass is 16.1. The Kier molecular flexibility index (Phi) is 4.28. The highest BCUT2D eigenvalue weighted by Crippen LogP contribution is 2.21. The van der Waals surface area contributed by atoms with Gasteiger partial charge >= 0.3 is 0 Å². The van der Waals surface area contributed by atoms with Crippen molar-refractivity contribution in [1.29, 1.82) is 0 Å². The van der Waals surface area contributed by atoms with E-state index in [4.69, 9.17) is 0 Å². The Bertz CT molecular complexity index is 589. The third-order valence-corrected chi connectivity index (χ3v) is 3.88. The number of rotatable bonds is 5. The van der Waals surface area contributed by atoms with Crippen LogP contribution >= 0.6 is 0 Å². The van der Waals surface area contributed by atoms with Crippen LogP contribution in [0.25, 0.3) is 0 Å². The van der Waals surface area contributed by atoms with Crippen LogP contribution in [0, 0.1) is 0 Å². The van der Waals surface area contributed by atoms with Gasteiger partial charge in [-0.15, -0.1) is 0 Å². The van der Waals surface area contributed by atoms with Gasteiger partial charge in [0.25, 0.3) is 0 Å². The number of hydrogen-bond donors (Lipinski definition) is 2. The number of nitrogens with zero attached hydrogens (tertiary/aromatic N) is 4. The molecule has 2 aromatic heterocycles. The van der Waals surface area contributed by atoms with Gasteiger partial charge in [0.1, 0.15) is 12.7 Å². The summed E-state index contributed by atoms with van der Waals surface area (Å²) < 4.78 is 1.65. The van der Waals surface area contributed by atoms with E-state index in [1.54, 1.807) is 11.0 Å². The molecular formula is C14H20N6O. The second-order valence-electron chi connectivity index (χ2n) is 5.37. The molecular weight excluding hydrogens is 268 g/mol. The summed E-state index contributed by atoms with van der Waals surface area (Å²) >= 11 is 0. The molecule has 0 aromatic carbocycles. The van der Waals surface area contributed by atoms with Crippen molar-refractivity contribution in [3.8, 4) is 0 Å². The van der Waals surface area contributed by atoms with Crippen molar-refractivity contribution in [3.63, 3.8) is 0 Å². The summed E-state index contributed by atoms with van der Waals surface area (Å²) in [5.74, 6) is 0.0101. The predicted octanol–water partition coefficient (Wildman–Crippen LogP) is 0.977. The van der Waals surface area contributed by atoms with Gasteiger partial charge in [-0.1, -0.05) is 6.42 Å². The topological polar surface area (TPSA) is 88.5 Å². The molecule has 0 atom stereocenters. The van der Waals surface area contributed by atoms with Gasteiger partial charge < -0.3 is 5.32 Å². The largest absolute Gasteiger partial charge is 0.350 e. The molecule has 0 fully saturated rings. The van der Waals surface area contributed by atoms with E-state index in [1.807, 2.05) is 0 Å². The monoisotopic (exact) mass is 288 g/mol. The van der Waals surface area contributed by atoms with Gasteiger partial charge in [-0.05, 0) is 31.2 Å². The molecule has 2 N–H and O–H groups in total. The van der Waals surface area contributed by atoms with Gasteiger partial charge in [-0.2, -0.15) is 10.2 Å². The van der Waals surface area contributed by atoms with Gasteiger partial charge in [0.05, 0.1) is 18.8 Å². The van der Waals surface area contributed by atoms with Gasteiger partial charge in [0.15, 0.2) is 0 Å². The van der Waals surface area contributed by atoms with Crippen molar-refractivity contribution in [1.82, 2.24) is 30.3 Å². The first-order valence-electron chi connectivity index (χ1n) is 7.47. The fourth-order valence-corrected chi connectivity index (χ4v) is 2.71. The van der Waals surface area contributed by atoms with Crippen LogP contribution in [0.3, 0.4) is 0 Å². The van der Waals surface area contributed by atoms with Crippen LogP contribution in [0.15, 0.2) is 12.7 Å². The Labute approximate surface area is 123 Å². The number of aromatic amines is 1. The van der Waals surface area contributed by atoms with E-state index >= 15 is 0 Å². The number of aryl methyl sites for hydroxylation is 2. The van der Waals surface area contributed by atoms with Crippen molar-refractivity contribution in [3.05, 3.63) is 29.6 Å². The maximum absolute atomic E-state index is 11.9. The van der Waals surface area contributed by atoms with E-state index in [0.717, 1.165) is 18.5 Å². The summed E-state index contributed by atoms with van der Waals surface area (Å²) in [6.07, 6.45) is 9.32. The highest BCUT2D eigenvalue weighted by molar-refractivity contribution is 5.75. The van der Waals surface area contributed by atoms with Gasteiger partial charge in [0.2, 0.25) is 5.91 Å². The summed E-state index contributed by atoms with van der Waals surface area (Å²) in [7, 11) is 0. The van der Waals surface area contributed by atoms with Crippen LogP contribution in [0.5, 0.6) is 0 Å². The lowest BCUT2D eigenvalue weighted by Crippen LogP contribution is -2.24. The smallest absolute Gasteiger partial charge is 0.222 e. The lowest BCUT2D eigenvalue weighted by molar-refractivity contribution is -0.121. The summed E-state index contributed by atoms with van der Waals surface area (Å²) in [6.45, 7) is 1.05. The Morgan fingerprint density at radius 2 is 2.24 bits per heavy atom. The predicted molar refractivity (Wildman–Crippen MR) is 76.3 cm³/mol. The van der Waals surface area contributed by atoms with Crippen LogP contribution < -0.4 is 5.32 Å². The molecule has 1 aliphatic rings. The number of hydrogen-bond acceptors (Lipinski definition) is 4. The molecule has 0 radical (unpaired) electrons. The average Bonchev–Trinajstić information content (AvgIpc) is 3.08. The van der Waals surface area contributed by atoms with Gasteiger partial charge in [0, 0.05) is 12.1 Å². The number of carbonyl (C=O) groups is 1. The minimum atomic E-state index is 0.0101. The zero-order valence-corrected chi connectivity index (χ0v) is 12.0. The summed E-state index contributed by atoms with van der Waals surface area (Å²) in [5.41, 5.74) is 3.55. The fraction of sp³-hybridized carbons (Fsp3) is 0.571. The molecule has 21 heavy (non-hydrogen) atoms. The van der Waals surface area contributed by atoms with E-state index in [1.165, 1.54) is 36.8 Å². The maximum Gasteiger partial charge on any atom is 0.222 e. The Morgan fingerprint density at radius 1 is 1.33 bits per heavy atom. The first-order valence-corrected chi connectivity index (χ1v) is 7.47. The molecule has 2 heterocycles. The number of fused-ring (bicyclic) bond motifs is 1. The molecule has 0 spiro atoms. The number of aromatic nitrogens is 5. The minimum absolute atomic E-state index is 0.0101. The average molecular weight is 288 g/mol. The molecule has 1 aliphatic carbocycles. The van der Waals surface area contributed by atoms with Crippen molar-refractivity contribution >= 4 is 5.91 Å².